The summed E-state index contributed by atoms with van der Waals surface area (Å²) in [6.07, 6.45) is 2.21. The third-order valence-corrected chi connectivity index (χ3v) is 4.64. The zero-order chi connectivity index (χ0) is 18.0. The molecule has 1 fully saturated rings. The van der Waals surface area contributed by atoms with Crippen LogP contribution in [0.15, 0.2) is 48.5 Å². The molecule has 5 heteroatoms. The molecule has 5 nitrogen and oxygen atoms in total. The van der Waals surface area contributed by atoms with Gasteiger partial charge in [0.05, 0.1) is 12.7 Å². The molecule has 0 saturated heterocycles. The van der Waals surface area contributed by atoms with E-state index in [1.807, 2.05) is 31.2 Å². The fraction of sp³-hybridized carbons (Fsp3) is 0.300. The molecule has 0 spiro atoms. The minimum absolute atomic E-state index is 0.0504. The number of carbonyl (C=O) groups is 2. The average molecular weight is 339 g/mol. The average Bonchev–Trinajstić information content (AvgIpc) is 3.47. The number of hydrogen-bond donors (Lipinski definition) is 1. The second-order valence-electron chi connectivity index (χ2n) is 6.34. The topological polar surface area (TPSA) is 66.8 Å². The summed E-state index contributed by atoms with van der Waals surface area (Å²) in [5.74, 6) is -0.0228. The van der Waals surface area contributed by atoms with Gasteiger partial charge >= 0.3 is 5.97 Å². The van der Waals surface area contributed by atoms with E-state index in [4.69, 9.17) is 4.74 Å². The summed E-state index contributed by atoms with van der Waals surface area (Å²) in [4.78, 5) is 26.1. The molecule has 0 aromatic heterocycles. The molecule has 1 amide bonds. The van der Waals surface area contributed by atoms with Gasteiger partial charge in [0.2, 0.25) is 0 Å². The Morgan fingerprint density at radius 1 is 1.12 bits per heavy atom. The van der Waals surface area contributed by atoms with Gasteiger partial charge in [-0.1, -0.05) is 6.07 Å². The Bertz CT molecular complexity index is 781. The van der Waals surface area contributed by atoms with Crippen LogP contribution >= 0.6 is 0 Å². The lowest BCUT2D eigenvalue weighted by molar-refractivity contribution is 0.0697. The van der Waals surface area contributed by atoms with Gasteiger partial charge in [-0.15, -0.1) is 0 Å². The number of amides is 1. The molecule has 2 aromatic carbocycles. The monoisotopic (exact) mass is 339 g/mol. The highest BCUT2D eigenvalue weighted by Gasteiger charge is 2.35. The molecule has 1 unspecified atom stereocenters. The van der Waals surface area contributed by atoms with Crippen molar-refractivity contribution in [3.05, 3.63) is 59.7 Å². The van der Waals surface area contributed by atoms with Gasteiger partial charge in [0.25, 0.3) is 5.91 Å². The Kier molecular flexibility index (Phi) is 4.74. The summed E-state index contributed by atoms with van der Waals surface area (Å²) in [6.45, 7) is 2.04. The third-order valence-electron chi connectivity index (χ3n) is 4.64. The van der Waals surface area contributed by atoms with Crippen LogP contribution < -0.4 is 9.64 Å². The molecule has 3 rings (SSSR count). The Morgan fingerprint density at radius 2 is 1.76 bits per heavy atom. The number of carboxylic acids is 1. The Morgan fingerprint density at radius 3 is 2.32 bits per heavy atom. The second-order valence-corrected chi connectivity index (χ2v) is 6.34. The van der Waals surface area contributed by atoms with Crippen molar-refractivity contribution in [2.45, 2.75) is 25.8 Å². The third kappa shape index (κ3) is 3.65. The lowest BCUT2D eigenvalue weighted by Gasteiger charge is -2.30. The van der Waals surface area contributed by atoms with Crippen LogP contribution in [0.2, 0.25) is 0 Å². The summed E-state index contributed by atoms with van der Waals surface area (Å²) >= 11 is 0. The number of carbonyl (C=O) groups excluding carboxylic acids is 1. The molecule has 25 heavy (non-hydrogen) atoms. The molecule has 0 bridgehead atoms. The van der Waals surface area contributed by atoms with Gasteiger partial charge in [-0.2, -0.15) is 0 Å². The number of nitrogens with zero attached hydrogens (tertiary/aromatic N) is 1. The van der Waals surface area contributed by atoms with Gasteiger partial charge in [0, 0.05) is 17.3 Å². The summed E-state index contributed by atoms with van der Waals surface area (Å²) in [6, 6.07) is 13.6. The van der Waals surface area contributed by atoms with Gasteiger partial charge in [0.1, 0.15) is 5.75 Å². The molecule has 0 radical (unpaired) electrons. The quantitative estimate of drug-likeness (QED) is 0.868. The van der Waals surface area contributed by atoms with Crippen molar-refractivity contribution in [1.82, 2.24) is 0 Å². The van der Waals surface area contributed by atoms with Crippen LogP contribution in [0.3, 0.4) is 0 Å². The maximum atomic E-state index is 13.2. The van der Waals surface area contributed by atoms with E-state index in [-0.39, 0.29) is 17.5 Å². The maximum absolute atomic E-state index is 13.2. The second kappa shape index (κ2) is 6.97. The van der Waals surface area contributed by atoms with Gasteiger partial charge in [-0.3, -0.25) is 4.79 Å². The first-order valence-corrected chi connectivity index (χ1v) is 8.32. The smallest absolute Gasteiger partial charge is 0.335 e. The Balaban J connectivity index is 1.97. The Hall–Kier alpha value is -2.82. The van der Waals surface area contributed by atoms with Crippen molar-refractivity contribution in [1.29, 1.82) is 0 Å². The van der Waals surface area contributed by atoms with Crippen LogP contribution in [0.25, 0.3) is 0 Å². The van der Waals surface area contributed by atoms with Crippen LogP contribution in [-0.2, 0) is 0 Å². The number of carboxylic acid groups (broad SMARTS) is 1. The minimum Gasteiger partial charge on any atom is -0.497 e. The normalized spacial score (nSPS) is 14.6. The molecule has 0 aliphatic heterocycles. The lowest BCUT2D eigenvalue weighted by atomic mass is 10.1. The molecule has 0 heterocycles. The van der Waals surface area contributed by atoms with E-state index in [1.165, 1.54) is 12.1 Å². The van der Waals surface area contributed by atoms with Crippen molar-refractivity contribution >= 4 is 17.6 Å². The van der Waals surface area contributed by atoms with E-state index in [0.29, 0.717) is 11.5 Å². The van der Waals surface area contributed by atoms with E-state index in [2.05, 4.69) is 0 Å². The van der Waals surface area contributed by atoms with E-state index in [0.717, 1.165) is 24.3 Å². The maximum Gasteiger partial charge on any atom is 0.335 e. The summed E-state index contributed by atoms with van der Waals surface area (Å²) in [5, 5.41) is 9.17. The first-order chi connectivity index (χ1) is 12.0. The van der Waals surface area contributed by atoms with E-state index >= 15 is 0 Å². The number of ether oxygens (including phenoxy) is 1. The standard InChI is InChI=1S/C20H21NO4/c1-13(14-6-7-14)21(17-8-10-18(25-2)11-9-17)19(22)15-4-3-5-16(12-15)20(23)24/h3-5,8-14H,6-7H2,1-2H3,(H,23,24). The number of benzene rings is 2. The van der Waals surface area contributed by atoms with E-state index in [1.54, 1.807) is 24.1 Å². The zero-order valence-corrected chi connectivity index (χ0v) is 14.3. The molecular formula is C20H21NO4. The first kappa shape index (κ1) is 17.0. The summed E-state index contributed by atoms with van der Waals surface area (Å²) < 4.78 is 5.19. The molecule has 1 atom stereocenters. The molecule has 2 aromatic rings. The fourth-order valence-corrected chi connectivity index (χ4v) is 2.99. The van der Waals surface area contributed by atoms with E-state index < -0.39 is 5.97 Å². The predicted octanol–water partition coefficient (Wildman–Crippen LogP) is 3.84. The number of methoxy groups -OCH3 is 1. The van der Waals surface area contributed by atoms with Gasteiger partial charge in [-0.25, -0.2) is 4.79 Å². The van der Waals surface area contributed by atoms with Crippen LogP contribution in [-0.4, -0.2) is 30.1 Å². The van der Waals surface area contributed by atoms with Crippen LogP contribution in [0.1, 0.15) is 40.5 Å². The first-order valence-electron chi connectivity index (χ1n) is 8.32. The van der Waals surface area contributed by atoms with Gasteiger partial charge < -0.3 is 14.7 Å². The van der Waals surface area contributed by atoms with Crippen molar-refractivity contribution in [2.24, 2.45) is 5.92 Å². The molecule has 130 valence electrons. The van der Waals surface area contributed by atoms with E-state index in [9.17, 15) is 14.7 Å². The van der Waals surface area contributed by atoms with Crippen molar-refractivity contribution in [2.75, 3.05) is 12.0 Å². The van der Waals surface area contributed by atoms with Crippen molar-refractivity contribution in [3.8, 4) is 5.75 Å². The highest BCUT2D eigenvalue weighted by molar-refractivity contribution is 6.07. The summed E-state index contributed by atoms with van der Waals surface area (Å²) in [7, 11) is 1.60. The van der Waals surface area contributed by atoms with Crippen molar-refractivity contribution in [3.63, 3.8) is 0 Å². The molecule has 1 aliphatic carbocycles. The lowest BCUT2D eigenvalue weighted by Crippen LogP contribution is -2.40. The number of aromatic carboxylic acids is 1. The van der Waals surface area contributed by atoms with Crippen molar-refractivity contribution < 1.29 is 19.4 Å². The van der Waals surface area contributed by atoms with Crippen LogP contribution in [0.5, 0.6) is 5.75 Å². The highest BCUT2D eigenvalue weighted by Crippen LogP contribution is 2.38. The summed E-state index contributed by atoms with van der Waals surface area (Å²) in [5.41, 5.74) is 1.27. The SMILES string of the molecule is COc1ccc(N(C(=O)c2cccc(C(=O)O)c2)C(C)C2CC2)cc1. The number of hydrogen-bond acceptors (Lipinski definition) is 3. The molecule has 1 aliphatic rings. The number of anilines is 1. The Labute approximate surface area is 146 Å². The zero-order valence-electron chi connectivity index (χ0n) is 14.3. The minimum atomic E-state index is -1.04. The fourth-order valence-electron chi connectivity index (χ4n) is 2.99. The molecule has 1 N–H and O–H groups in total. The van der Waals surface area contributed by atoms with Gasteiger partial charge in [0.15, 0.2) is 0 Å². The molecule has 1 saturated carbocycles. The molecular weight excluding hydrogens is 318 g/mol. The van der Waals surface area contributed by atoms with Crippen LogP contribution in [0, 0.1) is 5.92 Å². The number of rotatable bonds is 6. The largest absolute Gasteiger partial charge is 0.497 e. The van der Waals surface area contributed by atoms with Gasteiger partial charge in [-0.05, 0) is 68.1 Å². The predicted molar refractivity (Wildman–Crippen MR) is 95.4 cm³/mol. The van der Waals surface area contributed by atoms with Crippen LogP contribution in [0.4, 0.5) is 5.69 Å². The highest BCUT2D eigenvalue weighted by atomic mass is 16.5.